The van der Waals surface area contributed by atoms with Gasteiger partial charge in [0, 0.05) is 30.6 Å². The molecule has 7 heteroatoms. The van der Waals surface area contributed by atoms with Gasteiger partial charge in [-0.05, 0) is 51.8 Å². The number of hydrogen-bond acceptors (Lipinski definition) is 6. The Bertz CT molecular complexity index is 903. The van der Waals surface area contributed by atoms with E-state index in [0.29, 0.717) is 37.3 Å². The number of amides is 1. The average molecular weight is 373 g/mol. The molecule has 27 heavy (non-hydrogen) atoms. The predicted molar refractivity (Wildman–Crippen MR) is 98.7 cm³/mol. The van der Waals surface area contributed by atoms with Gasteiger partial charge in [0.2, 0.25) is 0 Å². The Morgan fingerprint density at radius 2 is 1.78 bits per heavy atom. The molecule has 0 aliphatic carbocycles. The molecule has 1 aromatic carbocycles. The normalized spacial score (nSPS) is 15.6. The van der Waals surface area contributed by atoms with Gasteiger partial charge in [0.15, 0.2) is 0 Å². The van der Waals surface area contributed by atoms with Crippen LogP contribution in [0.25, 0.3) is 11.0 Å². The second-order valence-corrected chi connectivity index (χ2v) is 7.62. The Balaban J connectivity index is 1.58. The smallest absolute Gasteiger partial charge is 0.410 e. The Hall–Kier alpha value is -2.83. The van der Waals surface area contributed by atoms with Gasteiger partial charge in [-0.3, -0.25) is 4.79 Å². The molecule has 0 atom stereocenters. The van der Waals surface area contributed by atoms with Gasteiger partial charge in [-0.1, -0.05) is 0 Å². The number of benzene rings is 1. The number of carbonyl (C=O) groups is 2. The third-order valence-corrected chi connectivity index (χ3v) is 4.29. The highest BCUT2D eigenvalue weighted by Gasteiger charge is 2.31. The van der Waals surface area contributed by atoms with Gasteiger partial charge in [-0.2, -0.15) is 0 Å². The van der Waals surface area contributed by atoms with E-state index in [4.69, 9.17) is 13.9 Å². The topological polar surface area (TPSA) is 86.0 Å². The lowest BCUT2D eigenvalue weighted by atomic mass is 9.97. The van der Waals surface area contributed by atoms with E-state index in [1.54, 1.807) is 23.1 Å². The first kappa shape index (κ1) is 18.9. The number of rotatable bonds is 2. The van der Waals surface area contributed by atoms with Crippen molar-refractivity contribution in [1.82, 2.24) is 4.90 Å². The van der Waals surface area contributed by atoms with E-state index < -0.39 is 11.2 Å². The van der Waals surface area contributed by atoms with Gasteiger partial charge in [0.05, 0.1) is 5.92 Å². The summed E-state index contributed by atoms with van der Waals surface area (Å²) in [7, 11) is 0. The second-order valence-electron chi connectivity index (χ2n) is 7.62. The summed E-state index contributed by atoms with van der Waals surface area (Å²) in [5, 5.41) is 0.750. The molecular formula is C20H23NO6. The summed E-state index contributed by atoms with van der Waals surface area (Å²) in [4.78, 5) is 37.4. The van der Waals surface area contributed by atoms with E-state index >= 15 is 0 Å². The van der Waals surface area contributed by atoms with Crippen molar-refractivity contribution in [1.29, 1.82) is 0 Å². The summed E-state index contributed by atoms with van der Waals surface area (Å²) < 4.78 is 15.9. The standard InChI is InChI=1S/C20H23NO6/c1-20(2,3)27-19(24)21-10-8-14(9-11-21)18(23)25-15-6-4-13-5-7-17(22)26-16(13)12-15/h4-7,12,14H,8-11H2,1-3H3. The van der Waals surface area contributed by atoms with Crippen LogP contribution in [0.3, 0.4) is 0 Å². The molecule has 0 radical (unpaired) electrons. The quantitative estimate of drug-likeness (QED) is 0.456. The minimum absolute atomic E-state index is 0.290. The molecule has 0 bridgehead atoms. The van der Waals surface area contributed by atoms with Gasteiger partial charge in [-0.25, -0.2) is 9.59 Å². The van der Waals surface area contributed by atoms with Crippen LogP contribution in [0.1, 0.15) is 33.6 Å². The van der Waals surface area contributed by atoms with Crippen molar-refractivity contribution in [3.8, 4) is 5.75 Å². The van der Waals surface area contributed by atoms with Crippen LogP contribution in [0.2, 0.25) is 0 Å². The van der Waals surface area contributed by atoms with Crippen molar-refractivity contribution >= 4 is 23.0 Å². The van der Waals surface area contributed by atoms with Gasteiger partial charge in [0.25, 0.3) is 0 Å². The highest BCUT2D eigenvalue weighted by molar-refractivity contribution is 5.80. The monoisotopic (exact) mass is 373 g/mol. The summed E-state index contributed by atoms with van der Waals surface area (Å²) in [5.41, 5.74) is -0.633. The molecule has 3 rings (SSSR count). The van der Waals surface area contributed by atoms with Crippen LogP contribution in [0.15, 0.2) is 39.5 Å². The summed E-state index contributed by atoms with van der Waals surface area (Å²) in [6, 6.07) is 7.91. The fourth-order valence-electron chi connectivity index (χ4n) is 2.93. The van der Waals surface area contributed by atoms with E-state index in [1.807, 2.05) is 20.8 Å². The van der Waals surface area contributed by atoms with Crippen molar-refractivity contribution in [3.63, 3.8) is 0 Å². The molecule has 1 aliphatic rings. The highest BCUT2D eigenvalue weighted by Crippen LogP contribution is 2.24. The summed E-state index contributed by atoms with van der Waals surface area (Å²) in [5.74, 6) is -0.310. The van der Waals surface area contributed by atoms with Gasteiger partial charge < -0.3 is 18.8 Å². The number of likely N-dealkylation sites (tertiary alicyclic amines) is 1. The maximum Gasteiger partial charge on any atom is 0.410 e. The van der Waals surface area contributed by atoms with Crippen molar-refractivity contribution in [3.05, 3.63) is 40.8 Å². The van der Waals surface area contributed by atoms with E-state index in [1.165, 1.54) is 12.1 Å². The van der Waals surface area contributed by atoms with Crippen molar-refractivity contribution in [2.24, 2.45) is 5.92 Å². The minimum Gasteiger partial charge on any atom is -0.444 e. The Kier molecular flexibility index (Phi) is 5.21. The zero-order chi connectivity index (χ0) is 19.6. The molecule has 0 unspecified atom stereocenters. The van der Waals surface area contributed by atoms with Gasteiger partial charge in [-0.15, -0.1) is 0 Å². The molecule has 0 spiro atoms. The Morgan fingerprint density at radius 3 is 2.44 bits per heavy atom. The summed E-state index contributed by atoms with van der Waals surface area (Å²) >= 11 is 0. The molecule has 1 amide bonds. The number of piperidine rings is 1. The third kappa shape index (κ3) is 4.87. The zero-order valence-corrected chi connectivity index (χ0v) is 15.7. The van der Waals surface area contributed by atoms with Crippen molar-refractivity contribution < 1.29 is 23.5 Å². The lowest BCUT2D eigenvalue weighted by molar-refractivity contribution is -0.140. The minimum atomic E-state index is -0.544. The molecule has 1 fully saturated rings. The van der Waals surface area contributed by atoms with E-state index in [0.717, 1.165) is 5.39 Å². The Labute approximate surface area is 156 Å². The molecule has 1 aliphatic heterocycles. The first-order valence-corrected chi connectivity index (χ1v) is 8.95. The molecule has 144 valence electrons. The summed E-state index contributed by atoms with van der Waals surface area (Å²) in [6.45, 7) is 6.35. The highest BCUT2D eigenvalue weighted by atomic mass is 16.6. The van der Waals surface area contributed by atoms with Crippen LogP contribution >= 0.6 is 0 Å². The lowest BCUT2D eigenvalue weighted by Crippen LogP contribution is -2.43. The second kappa shape index (κ2) is 7.42. The van der Waals surface area contributed by atoms with Gasteiger partial charge >= 0.3 is 17.7 Å². The van der Waals surface area contributed by atoms with E-state index in [9.17, 15) is 14.4 Å². The maximum atomic E-state index is 12.4. The first-order valence-electron chi connectivity index (χ1n) is 8.95. The molecule has 2 heterocycles. The predicted octanol–water partition coefficient (Wildman–Crippen LogP) is 3.35. The third-order valence-electron chi connectivity index (χ3n) is 4.29. The number of carbonyl (C=O) groups excluding carboxylic acids is 2. The van der Waals surface area contributed by atoms with E-state index in [2.05, 4.69) is 0 Å². The number of nitrogens with zero attached hydrogens (tertiary/aromatic N) is 1. The van der Waals surface area contributed by atoms with E-state index in [-0.39, 0.29) is 18.0 Å². The Morgan fingerprint density at radius 1 is 1.11 bits per heavy atom. The number of fused-ring (bicyclic) bond motifs is 1. The molecule has 0 N–H and O–H groups in total. The van der Waals surface area contributed by atoms with Crippen LogP contribution in [-0.4, -0.2) is 35.7 Å². The molecular weight excluding hydrogens is 350 g/mol. The molecule has 2 aromatic rings. The number of hydrogen-bond donors (Lipinski definition) is 0. The van der Waals surface area contributed by atoms with Crippen molar-refractivity contribution in [2.75, 3.05) is 13.1 Å². The largest absolute Gasteiger partial charge is 0.444 e. The fraction of sp³-hybridized carbons (Fsp3) is 0.450. The summed E-state index contributed by atoms with van der Waals surface area (Å²) in [6.07, 6.45) is 0.667. The van der Waals surface area contributed by atoms with Crippen LogP contribution in [0.5, 0.6) is 5.75 Å². The van der Waals surface area contributed by atoms with Crippen LogP contribution in [0.4, 0.5) is 4.79 Å². The fourth-order valence-corrected chi connectivity index (χ4v) is 2.93. The lowest BCUT2D eigenvalue weighted by Gasteiger charge is -2.32. The first-order chi connectivity index (χ1) is 12.7. The average Bonchev–Trinajstić information content (AvgIpc) is 2.60. The maximum absolute atomic E-state index is 12.4. The van der Waals surface area contributed by atoms with Gasteiger partial charge in [0.1, 0.15) is 16.9 Å². The molecule has 1 aromatic heterocycles. The number of ether oxygens (including phenoxy) is 2. The molecule has 7 nitrogen and oxygen atoms in total. The zero-order valence-electron chi connectivity index (χ0n) is 15.7. The SMILES string of the molecule is CC(C)(C)OC(=O)N1CCC(C(=O)Oc2ccc3ccc(=O)oc3c2)CC1. The molecule has 0 saturated carbocycles. The van der Waals surface area contributed by atoms with Crippen LogP contribution in [-0.2, 0) is 9.53 Å². The van der Waals surface area contributed by atoms with Crippen molar-refractivity contribution in [2.45, 2.75) is 39.2 Å². The molecule has 1 saturated heterocycles. The van der Waals surface area contributed by atoms with Crippen LogP contribution < -0.4 is 10.4 Å². The van der Waals surface area contributed by atoms with Crippen LogP contribution in [0, 0.1) is 5.92 Å². The number of esters is 1.